The van der Waals surface area contributed by atoms with Gasteiger partial charge in [-0.1, -0.05) is 23.8 Å². The second-order valence-electron chi connectivity index (χ2n) is 4.94. The van der Waals surface area contributed by atoms with Crippen molar-refractivity contribution in [3.8, 4) is 17.5 Å². The zero-order valence-corrected chi connectivity index (χ0v) is 15.0. The second kappa shape index (κ2) is 7.13. The van der Waals surface area contributed by atoms with Crippen molar-refractivity contribution >= 4 is 34.9 Å². The Labute approximate surface area is 152 Å². The summed E-state index contributed by atoms with van der Waals surface area (Å²) in [4.78, 5) is 4.02. The summed E-state index contributed by atoms with van der Waals surface area (Å²) in [6.07, 6.45) is 3.41. The first kappa shape index (κ1) is 16.6. The Bertz CT molecular complexity index is 925. The molecule has 0 fully saturated rings. The van der Waals surface area contributed by atoms with Crippen molar-refractivity contribution in [2.45, 2.75) is 22.8 Å². The van der Waals surface area contributed by atoms with Crippen molar-refractivity contribution < 1.29 is 0 Å². The first-order valence-electron chi connectivity index (χ1n) is 6.81. The van der Waals surface area contributed by atoms with Gasteiger partial charge in [-0.2, -0.15) is 9.64 Å². The number of pyridine rings is 1. The Hall–Kier alpha value is -2.21. The minimum atomic E-state index is 0.213. The number of hydrogen-bond donors (Lipinski definition) is 0. The summed E-state index contributed by atoms with van der Waals surface area (Å²) in [5, 5.41) is 18.6. The molecule has 0 spiro atoms. The number of nitrogens with zero attached hydrogens (tertiary/aromatic N) is 6. The first-order valence-corrected chi connectivity index (χ1v) is 8.78. The quantitative estimate of drug-likeness (QED) is 0.627. The molecule has 0 N–H and O–H groups in total. The van der Waals surface area contributed by atoms with E-state index in [9.17, 15) is 5.26 Å². The lowest BCUT2D eigenvalue weighted by Gasteiger charge is -2.09. The molecule has 6 nitrogen and oxygen atoms in total. The standard InChI is InChI=1S/C15H11ClN6S2/c1-9(2)8-22-13(10-3-5-18-6-4-10)19-20-15(22)23-14-11(7-17)12(16)21-24-14/h3-6H,1,8H2,2H3. The van der Waals surface area contributed by atoms with E-state index in [0.29, 0.717) is 21.5 Å². The first-order chi connectivity index (χ1) is 11.6. The van der Waals surface area contributed by atoms with Crippen LogP contribution in [0.4, 0.5) is 0 Å². The van der Waals surface area contributed by atoms with E-state index >= 15 is 0 Å². The summed E-state index contributed by atoms with van der Waals surface area (Å²) in [6.45, 7) is 6.48. The van der Waals surface area contributed by atoms with Gasteiger partial charge in [-0.05, 0) is 42.4 Å². The molecule has 0 bridgehead atoms. The topological polar surface area (TPSA) is 80.3 Å². The van der Waals surface area contributed by atoms with Crippen LogP contribution in [0.2, 0.25) is 5.15 Å². The van der Waals surface area contributed by atoms with Gasteiger partial charge in [0.2, 0.25) is 0 Å². The van der Waals surface area contributed by atoms with Crippen LogP contribution >= 0.6 is 34.9 Å². The Balaban J connectivity index is 2.03. The zero-order valence-electron chi connectivity index (χ0n) is 12.6. The Morgan fingerprint density at radius 2 is 2.17 bits per heavy atom. The van der Waals surface area contributed by atoms with Crippen LogP contribution in [0.5, 0.6) is 0 Å². The highest BCUT2D eigenvalue weighted by Crippen LogP contribution is 2.37. The van der Waals surface area contributed by atoms with E-state index in [1.807, 2.05) is 23.6 Å². The molecule has 3 rings (SSSR count). The molecule has 3 heterocycles. The monoisotopic (exact) mass is 374 g/mol. The smallest absolute Gasteiger partial charge is 0.197 e. The van der Waals surface area contributed by atoms with Gasteiger partial charge in [0.1, 0.15) is 15.8 Å². The van der Waals surface area contributed by atoms with Gasteiger partial charge >= 0.3 is 0 Å². The van der Waals surface area contributed by atoms with Crippen LogP contribution in [0.15, 0.2) is 46.0 Å². The largest absolute Gasteiger partial charge is 0.298 e. The lowest BCUT2D eigenvalue weighted by molar-refractivity contribution is 0.706. The molecule has 24 heavy (non-hydrogen) atoms. The van der Waals surface area contributed by atoms with Crippen LogP contribution in [0.25, 0.3) is 11.4 Å². The molecule has 0 atom stereocenters. The molecule has 0 amide bonds. The Kier molecular flexibility index (Phi) is 4.94. The maximum absolute atomic E-state index is 9.22. The van der Waals surface area contributed by atoms with Gasteiger partial charge in [-0.25, -0.2) is 0 Å². The van der Waals surface area contributed by atoms with Crippen molar-refractivity contribution in [2.24, 2.45) is 0 Å². The predicted molar refractivity (Wildman–Crippen MR) is 94.0 cm³/mol. The fraction of sp³-hybridized carbons (Fsp3) is 0.133. The number of nitriles is 1. The van der Waals surface area contributed by atoms with Gasteiger partial charge in [-0.15, -0.1) is 10.2 Å². The third-order valence-corrected chi connectivity index (χ3v) is 5.36. The van der Waals surface area contributed by atoms with E-state index < -0.39 is 0 Å². The van der Waals surface area contributed by atoms with E-state index in [1.165, 1.54) is 23.3 Å². The van der Waals surface area contributed by atoms with Crippen LogP contribution in [-0.2, 0) is 6.54 Å². The van der Waals surface area contributed by atoms with E-state index in [2.05, 4.69) is 32.2 Å². The number of halogens is 1. The second-order valence-corrected chi connectivity index (χ2v) is 7.30. The fourth-order valence-corrected chi connectivity index (χ4v) is 4.07. The SMILES string of the molecule is C=C(C)Cn1c(Sc2snc(Cl)c2C#N)nnc1-c1ccncc1. The van der Waals surface area contributed by atoms with Gasteiger partial charge in [0, 0.05) is 24.5 Å². The molecular formula is C15H11ClN6S2. The molecule has 0 unspecified atom stereocenters. The van der Waals surface area contributed by atoms with Crippen molar-refractivity contribution in [1.82, 2.24) is 24.1 Å². The summed E-state index contributed by atoms with van der Waals surface area (Å²) >= 11 is 8.43. The maximum Gasteiger partial charge on any atom is 0.197 e. The molecule has 120 valence electrons. The molecule has 0 aliphatic rings. The van der Waals surface area contributed by atoms with Crippen LogP contribution in [0, 0.1) is 11.3 Å². The average Bonchev–Trinajstić information content (AvgIpc) is 3.12. The molecule has 0 aromatic carbocycles. The summed E-state index contributed by atoms with van der Waals surface area (Å²) in [7, 11) is 0. The molecule has 0 aliphatic carbocycles. The summed E-state index contributed by atoms with van der Waals surface area (Å²) in [6, 6.07) is 5.82. The van der Waals surface area contributed by atoms with E-state index in [1.54, 1.807) is 12.4 Å². The summed E-state index contributed by atoms with van der Waals surface area (Å²) in [5.74, 6) is 0.719. The normalized spacial score (nSPS) is 10.5. The number of hydrogen-bond acceptors (Lipinski definition) is 7. The molecule has 9 heteroatoms. The molecule has 0 saturated heterocycles. The minimum absolute atomic E-state index is 0.213. The van der Waals surface area contributed by atoms with Crippen LogP contribution in [-0.4, -0.2) is 24.1 Å². The van der Waals surface area contributed by atoms with Gasteiger partial charge in [0.05, 0.1) is 0 Å². The van der Waals surface area contributed by atoms with Crippen LogP contribution in [0.1, 0.15) is 12.5 Å². The highest BCUT2D eigenvalue weighted by Gasteiger charge is 2.19. The number of rotatable bonds is 5. The van der Waals surface area contributed by atoms with Crippen molar-refractivity contribution in [1.29, 1.82) is 5.26 Å². The van der Waals surface area contributed by atoms with Crippen molar-refractivity contribution in [3.63, 3.8) is 0 Å². The molecule has 0 saturated carbocycles. The third kappa shape index (κ3) is 3.33. The van der Waals surface area contributed by atoms with Crippen molar-refractivity contribution in [3.05, 3.63) is 47.4 Å². The van der Waals surface area contributed by atoms with Gasteiger partial charge in [0.25, 0.3) is 0 Å². The van der Waals surface area contributed by atoms with E-state index in [4.69, 9.17) is 11.6 Å². The van der Waals surface area contributed by atoms with Crippen molar-refractivity contribution in [2.75, 3.05) is 0 Å². The lowest BCUT2D eigenvalue weighted by Crippen LogP contribution is -2.03. The predicted octanol–water partition coefficient (Wildman–Crippen LogP) is 4.05. The highest BCUT2D eigenvalue weighted by atomic mass is 35.5. The maximum atomic E-state index is 9.22. The van der Waals surface area contributed by atoms with Crippen LogP contribution < -0.4 is 0 Å². The summed E-state index contributed by atoms with van der Waals surface area (Å²) < 4.78 is 6.67. The fourth-order valence-electron chi connectivity index (χ4n) is 1.99. The van der Waals surface area contributed by atoms with Gasteiger partial charge in [0.15, 0.2) is 16.1 Å². The Morgan fingerprint density at radius 1 is 1.42 bits per heavy atom. The van der Waals surface area contributed by atoms with Crippen LogP contribution in [0.3, 0.4) is 0 Å². The summed E-state index contributed by atoms with van der Waals surface area (Å²) in [5.41, 5.74) is 2.24. The molecular weight excluding hydrogens is 364 g/mol. The minimum Gasteiger partial charge on any atom is -0.298 e. The van der Waals surface area contributed by atoms with Gasteiger partial charge < -0.3 is 0 Å². The molecule has 0 radical (unpaired) electrons. The third-order valence-electron chi connectivity index (χ3n) is 3.00. The number of allylic oxidation sites excluding steroid dienone is 1. The molecule has 0 aliphatic heterocycles. The molecule has 3 aromatic rings. The number of aromatic nitrogens is 5. The van der Waals surface area contributed by atoms with Gasteiger partial charge in [-0.3, -0.25) is 9.55 Å². The zero-order chi connectivity index (χ0) is 17.1. The Morgan fingerprint density at radius 3 is 2.83 bits per heavy atom. The van der Waals surface area contributed by atoms with E-state index in [0.717, 1.165) is 17.0 Å². The molecule has 3 aromatic heterocycles. The average molecular weight is 375 g/mol. The highest BCUT2D eigenvalue weighted by molar-refractivity contribution is 8.01. The lowest BCUT2D eigenvalue weighted by atomic mass is 10.2. The van der Waals surface area contributed by atoms with E-state index in [-0.39, 0.29) is 5.15 Å².